The first-order chi connectivity index (χ1) is 6.11. The molecule has 0 N–H and O–H groups in total. The second kappa shape index (κ2) is 4.28. The number of alkyl halides is 1. The van der Waals surface area contributed by atoms with Crippen LogP contribution in [-0.2, 0) is 5.33 Å². The summed E-state index contributed by atoms with van der Waals surface area (Å²) in [4.78, 5) is 10.5. The Morgan fingerprint density at radius 2 is 2.00 bits per heavy atom. The molecule has 5 heteroatoms. The first kappa shape index (κ1) is 10.8. The number of benzene rings is 1. The Kier molecular flexibility index (Phi) is 3.55. The second-order valence-electron chi connectivity index (χ2n) is 2.31. The molecule has 0 aliphatic rings. The number of hydrogen-bond acceptors (Lipinski definition) is 1. The molecule has 0 amide bonds. The monoisotopic (exact) mass is 312 g/mol. The molecule has 0 heterocycles. The van der Waals surface area contributed by atoms with Crippen LogP contribution in [0, 0.1) is 11.6 Å². The number of rotatable bonds is 2. The Labute approximate surface area is 90.4 Å². The molecule has 0 saturated carbocycles. The fourth-order valence-corrected chi connectivity index (χ4v) is 1.88. The number of carbonyl (C=O) groups is 1. The Morgan fingerprint density at radius 3 is 2.46 bits per heavy atom. The quantitative estimate of drug-likeness (QED) is 0.464. The summed E-state index contributed by atoms with van der Waals surface area (Å²) >= 11 is 5.79. The van der Waals surface area contributed by atoms with Gasteiger partial charge in [-0.3, -0.25) is 4.79 Å². The second-order valence-corrected chi connectivity index (χ2v) is 3.72. The molecule has 0 atom stereocenters. The van der Waals surface area contributed by atoms with E-state index in [1.807, 2.05) is 0 Å². The van der Waals surface area contributed by atoms with Gasteiger partial charge >= 0.3 is 0 Å². The summed E-state index contributed by atoms with van der Waals surface area (Å²) in [6.07, 6.45) is 0.490. The zero-order valence-electron chi connectivity index (χ0n) is 6.28. The molecular formula is C8H4Br2F2O. The van der Waals surface area contributed by atoms with E-state index < -0.39 is 11.6 Å². The highest BCUT2D eigenvalue weighted by Crippen LogP contribution is 2.25. The van der Waals surface area contributed by atoms with Crippen LogP contribution in [0.2, 0.25) is 0 Å². The molecule has 13 heavy (non-hydrogen) atoms. The molecular weight excluding hydrogens is 310 g/mol. The van der Waals surface area contributed by atoms with E-state index >= 15 is 0 Å². The van der Waals surface area contributed by atoms with Crippen LogP contribution >= 0.6 is 31.9 Å². The van der Waals surface area contributed by atoms with Crippen molar-refractivity contribution in [3.63, 3.8) is 0 Å². The molecule has 0 radical (unpaired) electrons. The van der Waals surface area contributed by atoms with E-state index in [2.05, 4.69) is 31.9 Å². The van der Waals surface area contributed by atoms with Crippen molar-refractivity contribution in [1.82, 2.24) is 0 Å². The predicted molar refractivity (Wildman–Crippen MR) is 52.1 cm³/mol. The third-order valence-electron chi connectivity index (χ3n) is 1.56. The lowest BCUT2D eigenvalue weighted by atomic mass is 10.1. The van der Waals surface area contributed by atoms with Gasteiger partial charge in [-0.2, -0.15) is 0 Å². The van der Waals surface area contributed by atoms with Gasteiger partial charge in [0.2, 0.25) is 0 Å². The standard InChI is InChI=1S/C8H4Br2F2O/c9-2-5-4(3-13)1-6(10)8(12)7(5)11/h1,3H,2H2. The van der Waals surface area contributed by atoms with E-state index in [4.69, 9.17) is 0 Å². The van der Waals surface area contributed by atoms with Crippen LogP contribution < -0.4 is 0 Å². The minimum Gasteiger partial charge on any atom is -0.298 e. The van der Waals surface area contributed by atoms with E-state index in [0.717, 1.165) is 0 Å². The van der Waals surface area contributed by atoms with Crippen LogP contribution in [0.5, 0.6) is 0 Å². The molecule has 0 saturated heterocycles. The highest BCUT2D eigenvalue weighted by Gasteiger charge is 2.15. The van der Waals surface area contributed by atoms with E-state index in [0.29, 0.717) is 6.29 Å². The number of aldehydes is 1. The minimum atomic E-state index is -0.992. The van der Waals surface area contributed by atoms with Crippen molar-refractivity contribution in [3.05, 3.63) is 33.3 Å². The van der Waals surface area contributed by atoms with Gasteiger partial charge in [0.15, 0.2) is 17.9 Å². The lowest BCUT2D eigenvalue weighted by Crippen LogP contribution is -1.99. The molecule has 0 fully saturated rings. The SMILES string of the molecule is O=Cc1cc(Br)c(F)c(F)c1CBr. The van der Waals surface area contributed by atoms with Crippen molar-refractivity contribution in [2.75, 3.05) is 0 Å². The first-order valence-corrected chi connectivity index (χ1v) is 5.20. The molecule has 0 unspecified atom stereocenters. The van der Waals surface area contributed by atoms with Gasteiger partial charge in [-0.15, -0.1) is 0 Å². The van der Waals surface area contributed by atoms with Crippen molar-refractivity contribution in [3.8, 4) is 0 Å². The Hall–Kier alpha value is -0.290. The van der Waals surface area contributed by atoms with Crippen LogP contribution in [0.4, 0.5) is 8.78 Å². The Bertz CT molecular complexity index is 352. The molecule has 0 aromatic heterocycles. The van der Waals surface area contributed by atoms with Crippen LogP contribution in [0.15, 0.2) is 10.5 Å². The molecule has 1 nitrogen and oxygen atoms in total. The van der Waals surface area contributed by atoms with Crippen molar-refractivity contribution in [2.45, 2.75) is 5.33 Å². The fourth-order valence-electron chi connectivity index (χ4n) is 0.892. The van der Waals surface area contributed by atoms with Gasteiger partial charge < -0.3 is 0 Å². The van der Waals surface area contributed by atoms with E-state index in [1.165, 1.54) is 6.07 Å². The third-order valence-corrected chi connectivity index (χ3v) is 2.70. The van der Waals surface area contributed by atoms with Crippen molar-refractivity contribution < 1.29 is 13.6 Å². The van der Waals surface area contributed by atoms with Gasteiger partial charge in [0, 0.05) is 16.5 Å². The van der Waals surface area contributed by atoms with Gasteiger partial charge in [-0.05, 0) is 22.0 Å². The number of halogens is 4. The summed E-state index contributed by atoms with van der Waals surface area (Å²) in [5, 5.41) is 0.108. The highest BCUT2D eigenvalue weighted by atomic mass is 79.9. The van der Waals surface area contributed by atoms with Gasteiger partial charge in [0.05, 0.1) is 4.47 Å². The molecule has 0 aliphatic heterocycles. The van der Waals surface area contributed by atoms with Gasteiger partial charge in [0.1, 0.15) is 0 Å². The maximum atomic E-state index is 13.1. The minimum absolute atomic E-state index is 0.0377. The molecule has 70 valence electrons. The number of hydrogen-bond donors (Lipinski definition) is 0. The summed E-state index contributed by atoms with van der Waals surface area (Å²) in [7, 11) is 0. The summed E-state index contributed by atoms with van der Waals surface area (Å²) in [6.45, 7) is 0. The van der Waals surface area contributed by atoms with Crippen LogP contribution in [0.3, 0.4) is 0 Å². The third kappa shape index (κ3) is 1.96. The maximum absolute atomic E-state index is 13.1. The van der Waals surface area contributed by atoms with Crippen molar-refractivity contribution in [2.24, 2.45) is 0 Å². The van der Waals surface area contributed by atoms with E-state index in [1.54, 1.807) is 0 Å². The largest absolute Gasteiger partial charge is 0.298 e. The summed E-state index contributed by atoms with van der Waals surface area (Å²) in [5.74, 6) is -1.96. The molecule has 0 aliphatic carbocycles. The Balaban J connectivity index is 3.47. The molecule has 1 aromatic carbocycles. The van der Waals surface area contributed by atoms with Gasteiger partial charge in [0.25, 0.3) is 0 Å². The van der Waals surface area contributed by atoms with Gasteiger partial charge in [-0.1, -0.05) is 15.9 Å². The molecule has 1 rings (SSSR count). The van der Waals surface area contributed by atoms with E-state index in [9.17, 15) is 13.6 Å². The van der Waals surface area contributed by atoms with Crippen molar-refractivity contribution in [1.29, 1.82) is 0 Å². The van der Waals surface area contributed by atoms with Crippen LogP contribution in [0.1, 0.15) is 15.9 Å². The molecule has 0 bridgehead atoms. The zero-order chi connectivity index (χ0) is 10.0. The zero-order valence-corrected chi connectivity index (χ0v) is 9.45. The summed E-state index contributed by atoms with van der Waals surface area (Å²) in [6, 6.07) is 1.25. The summed E-state index contributed by atoms with van der Waals surface area (Å²) in [5.41, 5.74) is 0.179. The average Bonchev–Trinajstić information content (AvgIpc) is 2.13. The average molecular weight is 314 g/mol. The van der Waals surface area contributed by atoms with Gasteiger partial charge in [-0.25, -0.2) is 8.78 Å². The van der Waals surface area contributed by atoms with E-state index in [-0.39, 0.29) is 20.9 Å². The first-order valence-electron chi connectivity index (χ1n) is 3.29. The lowest BCUT2D eigenvalue weighted by molar-refractivity contribution is 0.112. The fraction of sp³-hybridized carbons (Fsp3) is 0.125. The Morgan fingerprint density at radius 1 is 1.38 bits per heavy atom. The lowest BCUT2D eigenvalue weighted by Gasteiger charge is -2.04. The van der Waals surface area contributed by atoms with Crippen molar-refractivity contribution >= 4 is 38.1 Å². The van der Waals surface area contributed by atoms with Crippen LogP contribution in [-0.4, -0.2) is 6.29 Å². The smallest absolute Gasteiger partial charge is 0.173 e. The summed E-state index contributed by atoms with van der Waals surface area (Å²) < 4.78 is 26.0. The normalized spacial score (nSPS) is 10.2. The molecule has 0 spiro atoms. The maximum Gasteiger partial charge on any atom is 0.173 e. The predicted octanol–water partition coefficient (Wildman–Crippen LogP) is 3.43. The van der Waals surface area contributed by atoms with Crippen LogP contribution in [0.25, 0.3) is 0 Å². The molecule has 1 aromatic rings. The highest BCUT2D eigenvalue weighted by molar-refractivity contribution is 9.10. The topological polar surface area (TPSA) is 17.1 Å². The number of carbonyl (C=O) groups excluding carboxylic acids is 1.